The number of thiophene rings is 1. The van der Waals surface area contributed by atoms with E-state index < -0.39 is 0 Å². The molecule has 2 rings (SSSR count). The highest BCUT2D eigenvalue weighted by molar-refractivity contribution is 7.12. The normalized spacial score (nSPS) is 28.2. The molecule has 3 unspecified atom stereocenters. The van der Waals surface area contributed by atoms with Gasteiger partial charge in [-0.1, -0.05) is 13.8 Å². The molecule has 0 bridgehead atoms. The highest BCUT2D eigenvalue weighted by Crippen LogP contribution is 2.25. The monoisotopic (exact) mass is 252 g/mol. The molecule has 1 saturated heterocycles. The quantitative estimate of drug-likeness (QED) is 0.896. The van der Waals surface area contributed by atoms with Crippen LogP contribution >= 0.6 is 11.3 Å². The topological polar surface area (TPSA) is 29.3 Å². The third-order valence-electron chi connectivity index (χ3n) is 3.53. The number of nitrogens with zero attached hydrogens (tertiary/aromatic N) is 1. The van der Waals surface area contributed by atoms with Gasteiger partial charge in [0, 0.05) is 29.4 Å². The van der Waals surface area contributed by atoms with Crippen LogP contribution in [0.2, 0.25) is 0 Å². The van der Waals surface area contributed by atoms with Gasteiger partial charge < -0.3 is 10.6 Å². The Labute approximate surface area is 109 Å². The van der Waals surface area contributed by atoms with Gasteiger partial charge in [0.25, 0.3) is 0 Å². The van der Waals surface area contributed by atoms with Crippen molar-refractivity contribution in [1.29, 1.82) is 0 Å². The van der Waals surface area contributed by atoms with Gasteiger partial charge in [0.2, 0.25) is 0 Å². The first-order valence-electron chi connectivity index (χ1n) is 6.59. The van der Waals surface area contributed by atoms with E-state index in [1.807, 2.05) is 11.3 Å². The standard InChI is InChI=1S/C14H24N2S/c1-10-6-11(2)8-16(7-10)9-13(15)14-5-4-12(3)17-14/h4-5,10-11,13H,6-9,15H2,1-3H3. The van der Waals surface area contributed by atoms with Crippen LogP contribution in [0.1, 0.15) is 36.1 Å². The first-order valence-corrected chi connectivity index (χ1v) is 7.40. The van der Waals surface area contributed by atoms with Crippen molar-refractivity contribution in [3.05, 3.63) is 21.9 Å². The lowest BCUT2D eigenvalue weighted by molar-refractivity contribution is 0.134. The molecule has 2 nitrogen and oxygen atoms in total. The molecule has 0 aromatic carbocycles. The first kappa shape index (κ1) is 13.1. The zero-order chi connectivity index (χ0) is 12.4. The smallest absolute Gasteiger partial charge is 0.0519 e. The molecule has 2 heterocycles. The number of rotatable bonds is 3. The van der Waals surface area contributed by atoms with Crippen LogP contribution in [-0.4, -0.2) is 24.5 Å². The molecule has 1 aliphatic rings. The lowest BCUT2D eigenvalue weighted by Crippen LogP contribution is -2.42. The number of piperidine rings is 1. The molecule has 17 heavy (non-hydrogen) atoms. The second-order valence-electron chi connectivity index (χ2n) is 5.72. The Bertz CT molecular complexity index is 351. The minimum atomic E-state index is 0.186. The van der Waals surface area contributed by atoms with Crippen LogP contribution in [0.4, 0.5) is 0 Å². The summed E-state index contributed by atoms with van der Waals surface area (Å²) in [6.07, 6.45) is 1.36. The lowest BCUT2D eigenvalue weighted by Gasteiger charge is -2.36. The molecule has 0 radical (unpaired) electrons. The molecule has 1 aromatic heterocycles. The second kappa shape index (κ2) is 5.51. The number of hydrogen-bond donors (Lipinski definition) is 1. The fourth-order valence-corrected chi connectivity index (χ4v) is 3.83. The molecule has 0 aliphatic carbocycles. The zero-order valence-electron chi connectivity index (χ0n) is 11.1. The molecular weight excluding hydrogens is 228 g/mol. The van der Waals surface area contributed by atoms with Gasteiger partial charge in [-0.25, -0.2) is 0 Å². The lowest BCUT2D eigenvalue weighted by atomic mass is 9.91. The van der Waals surface area contributed by atoms with Crippen molar-refractivity contribution in [1.82, 2.24) is 4.90 Å². The highest BCUT2D eigenvalue weighted by atomic mass is 32.1. The molecule has 0 spiro atoms. The molecular formula is C14H24N2S. The van der Waals surface area contributed by atoms with E-state index in [0.717, 1.165) is 18.4 Å². The molecule has 3 heteroatoms. The zero-order valence-corrected chi connectivity index (χ0v) is 12.0. The van der Waals surface area contributed by atoms with Crippen LogP contribution in [0.3, 0.4) is 0 Å². The third-order valence-corrected chi connectivity index (χ3v) is 4.66. The van der Waals surface area contributed by atoms with E-state index in [4.69, 9.17) is 5.73 Å². The number of hydrogen-bond acceptors (Lipinski definition) is 3. The van der Waals surface area contributed by atoms with Gasteiger partial charge in [0.1, 0.15) is 0 Å². The van der Waals surface area contributed by atoms with E-state index in [1.165, 1.54) is 29.3 Å². The van der Waals surface area contributed by atoms with Crippen molar-refractivity contribution in [3.63, 3.8) is 0 Å². The third kappa shape index (κ3) is 3.54. The van der Waals surface area contributed by atoms with Gasteiger partial charge >= 0.3 is 0 Å². The summed E-state index contributed by atoms with van der Waals surface area (Å²) < 4.78 is 0. The Hall–Kier alpha value is -0.380. The molecule has 96 valence electrons. The van der Waals surface area contributed by atoms with E-state index in [2.05, 4.69) is 37.8 Å². The molecule has 2 N–H and O–H groups in total. The van der Waals surface area contributed by atoms with Crippen LogP contribution in [0.5, 0.6) is 0 Å². The average molecular weight is 252 g/mol. The summed E-state index contributed by atoms with van der Waals surface area (Å²) in [7, 11) is 0. The Balaban J connectivity index is 1.92. The van der Waals surface area contributed by atoms with Gasteiger partial charge in [0.15, 0.2) is 0 Å². The predicted molar refractivity (Wildman–Crippen MR) is 75.4 cm³/mol. The average Bonchev–Trinajstić information content (AvgIpc) is 2.63. The Morgan fingerprint density at radius 1 is 1.35 bits per heavy atom. The SMILES string of the molecule is Cc1ccc(C(N)CN2CC(C)CC(C)C2)s1. The summed E-state index contributed by atoms with van der Waals surface area (Å²) in [6.45, 7) is 10.3. The molecule has 1 fully saturated rings. The molecule has 3 atom stereocenters. The van der Waals surface area contributed by atoms with Crippen LogP contribution in [0.15, 0.2) is 12.1 Å². The summed E-state index contributed by atoms with van der Waals surface area (Å²) >= 11 is 1.83. The Kier molecular flexibility index (Phi) is 4.23. The van der Waals surface area contributed by atoms with Gasteiger partial charge in [-0.3, -0.25) is 0 Å². The summed E-state index contributed by atoms with van der Waals surface area (Å²) in [5.74, 6) is 1.63. The number of aryl methyl sites for hydroxylation is 1. The van der Waals surface area contributed by atoms with Crippen molar-refractivity contribution in [2.24, 2.45) is 17.6 Å². The van der Waals surface area contributed by atoms with Crippen LogP contribution < -0.4 is 5.73 Å². The Morgan fingerprint density at radius 2 is 2.00 bits per heavy atom. The fraction of sp³-hybridized carbons (Fsp3) is 0.714. The molecule has 1 aromatic rings. The minimum Gasteiger partial charge on any atom is -0.322 e. The van der Waals surface area contributed by atoms with Gasteiger partial charge in [-0.15, -0.1) is 11.3 Å². The predicted octanol–water partition coefficient (Wildman–Crippen LogP) is 3.03. The maximum Gasteiger partial charge on any atom is 0.0519 e. The summed E-state index contributed by atoms with van der Waals surface area (Å²) in [5, 5.41) is 0. The van der Waals surface area contributed by atoms with Crippen molar-refractivity contribution >= 4 is 11.3 Å². The van der Waals surface area contributed by atoms with E-state index in [0.29, 0.717) is 0 Å². The van der Waals surface area contributed by atoms with E-state index in [-0.39, 0.29) is 6.04 Å². The fourth-order valence-electron chi connectivity index (χ4n) is 2.96. The van der Waals surface area contributed by atoms with E-state index in [9.17, 15) is 0 Å². The largest absolute Gasteiger partial charge is 0.322 e. The summed E-state index contributed by atoms with van der Waals surface area (Å²) in [5.41, 5.74) is 6.30. The van der Waals surface area contributed by atoms with Crippen molar-refractivity contribution in [2.45, 2.75) is 33.2 Å². The maximum atomic E-state index is 6.30. The van der Waals surface area contributed by atoms with Crippen molar-refractivity contribution in [2.75, 3.05) is 19.6 Å². The van der Waals surface area contributed by atoms with Crippen LogP contribution in [0, 0.1) is 18.8 Å². The summed E-state index contributed by atoms with van der Waals surface area (Å²) in [4.78, 5) is 5.22. The minimum absolute atomic E-state index is 0.186. The Morgan fingerprint density at radius 3 is 2.53 bits per heavy atom. The maximum absolute atomic E-state index is 6.30. The second-order valence-corrected chi connectivity index (χ2v) is 7.04. The molecule has 0 amide bonds. The van der Waals surface area contributed by atoms with Gasteiger partial charge in [0.05, 0.1) is 6.04 Å². The summed E-state index contributed by atoms with van der Waals surface area (Å²) in [6, 6.07) is 4.54. The molecule has 0 saturated carbocycles. The molecule has 1 aliphatic heterocycles. The number of nitrogens with two attached hydrogens (primary N) is 1. The first-order chi connectivity index (χ1) is 8.04. The van der Waals surface area contributed by atoms with Crippen LogP contribution in [0.25, 0.3) is 0 Å². The number of likely N-dealkylation sites (tertiary alicyclic amines) is 1. The van der Waals surface area contributed by atoms with Crippen LogP contribution in [-0.2, 0) is 0 Å². The van der Waals surface area contributed by atoms with Gasteiger partial charge in [-0.2, -0.15) is 0 Å². The highest BCUT2D eigenvalue weighted by Gasteiger charge is 2.23. The van der Waals surface area contributed by atoms with E-state index >= 15 is 0 Å². The van der Waals surface area contributed by atoms with Gasteiger partial charge in [-0.05, 0) is 37.3 Å². The van der Waals surface area contributed by atoms with Crippen molar-refractivity contribution in [3.8, 4) is 0 Å². The van der Waals surface area contributed by atoms with E-state index in [1.54, 1.807) is 0 Å². The van der Waals surface area contributed by atoms with Crippen molar-refractivity contribution < 1.29 is 0 Å².